The lowest BCUT2D eigenvalue weighted by molar-refractivity contribution is 0.0951. The summed E-state index contributed by atoms with van der Waals surface area (Å²) in [7, 11) is 1.58. The SMILES string of the molecule is COCc1ccc(C(=O)NCc2cccc(Oc3ccc(Br)cc3)c2)c(N)n1. The van der Waals surface area contributed by atoms with Crippen LogP contribution in [0.3, 0.4) is 0 Å². The van der Waals surface area contributed by atoms with Gasteiger partial charge in [0.2, 0.25) is 0 Å². The van der Waals surface area contributed by atoms with Crippen molar-refractivity contribution < 1.29 is 14.3 Å². The molecule has 1 heterocycles. The van der Waals surface area contributed by atoms with Gasteiger partial charge in [-0.25, -0.2) is 4.98 Å². The van der Waals surface area contributed by atoms with Gasteiger partial charge in [0.05, 0.1) is 17.9 Å². The largest absolute Gasteiger partial charge is 0.457 e. The number of nitrogens with one attached hydrogen (secondary N) is 1. The Morgan fingerprint density at radius 1 is 1.11 bits per heavy atom. The fourth-order valence-corrected chi connectivity index (χ4v) is 2.84. The van der Waals surface area contributed by atoms with Gasteiger partial charge in [-0.1, -0.05) is 28.1 Å². The molecule has 3 N–H and O–H groups in total. The van der Waals surface area contributed by atoms with Crippen molar-refractivity contribution in [1.29, 1.82) is 0 Å². The number of halogens is 1. The minimum atomic E-state index is -0.284. The van der Waals surface area contributed by atoms with Gasteiger partial charge in [-0.05, 0) is 54.1 Å². The van der Waals surface area contributed by atoms with Gasteiger partial charge in [0.1, 0.15) is 17.3 Å². The van der Waals surface area contributed by atoms with E-state index in [0.717, 1.165) is 15.8 Å². The zero-order valence-electron chi connectivity index (χ0n) is 15.3. The number of ether oxygens (including phenoxy) is 2. The summed E-state index contributed by atoms with van der Waals surface area (Å²) in [6, 6.07) is 18.5. The molecule has 0 aliphatic carbocycles. The summed E-state index contributed by atoms with van der Waals surface area (Å²) in [5.41, 5.74) is 7.81. The van der Waals surface area contributed by atoms with Gasteiger partial charge >= 0.3 is 0 Å². The van der Waals surface area contributed by atoms with Gasteiger partial charge in [0.25, 0.3) is 5.91 Å². The number of nitrogen functional groups attached to an aromatic ring is 1. The Hall–Kier alpha value is -2.90. The van der Waals surface area contributed by atoms with Crippen molar-refractivity contribution in [2.45, 2.75) is 13.2 Å². The van der Waals surface area contributed by atoms with Crippen LogP contribution in [0.2, 0.25) is 0 Å². The van der Waals surface area contributed by atoms with Crippen LogP contribution in [0, 0.1) is 0 Å². The van der Waals surface area contributed by atoms with Crippen LogP contribution in [-0.2, 0) is 17.9 Å². The maximum Gasteiger partial charge on any atom is 0.255 e. The van der Waals surface area contributed by atoms with Gasteiger partial charge in [-0.15, -0.1) is 0 Å². The van der Waals surface area contributed by atoms with Gasteiger partial charge < -0.3 is 20.5 Å². The second kappa shape index (κ2) is 9.34. The number of methoxy groups -OCH3 is 1. The minimum absolute atomic E-state index is 0.180. The first-order valence-corrected chi connectivity index (χ1v) is 9.39. The monoisotopic (exact) mass is 441 g/mol. The topological polar surface area (TPSA) is 86.5 Å². The molecule has 0 fully saturated rings. The Morgan fingerprint density at radius 2 is 1.89 bits per heavy atom. The number of amides is 1. The summed E-state index contributed by atoms with van der Waals surface area (Å²) in [6.45, 7) is 0.687. The highest BCUT2D eigenvalue weighted by Crippen LogP contribution is 2.24. The molecule has 144 valence electrons. The molecule has 1 amide bonds. The van der Waals surface area contributed by atoms with Crippen LogP contribution < -0.4 is 15.8 Å². The Kier molecular flexibility index (Phi) is 6.62. The summed E-state index contributed by atoms with van der Waals surface area (Å²) >= 11 is 3.40. The molecule has 0 aliphatic rings. The van der Waals surface area contributed by atoms with Crippen LogP contribution in [0.1, 0.15) is 21.6 Å². The molecule has 0 aliphatic heterocycles. The molecule has 0 bridgehead atoms. The van der Waals surface area contributed by atoms with Crippen molar-refractivity contribution in [2.24, 2.45) is 0 Å². The summed E-state index contributed by atoms with van der Waals surface area (Å²) in [5.74, 6) is 1.33. The summed E-state index contributed by atoms with van der Waals surface area (Å²) in [5, 5.41) is 2.85. The van der Waals surface area contributed by atoms with Crippen molar-refractivity contribution in [3.8, 4) is 11.5 Å². The van der Waals surface area contributed by atoms with E-state index < -0.39 is 0 Å². The number of hydrogen-bond acceptors (Lipinski definition) is 5. The van der Waals surface area contributed by atoms with Crippen LogP contribution in [0.5, 0.6) is 11.5 Å². The van der Waals surface area contributed by atoms with Gasteiger partial charge in [-0.2, -0.15) is 0 Å². The average Bonchev–Trinajstić information content (AvgIpc) is 2.69. The van der Waals surface area contributed by atoms with Gasteiger partial charge in [0, 0.05) is 18.1 Å². The smallest absolute Gasteiger partial charge is 0.255 e. The summed E-state index contributed by atoms with van der Waals surface area (Å²) in [4.78, 5) is 16.6. The van der Waals surface area contributed by atoms with Crippen LogP contribution in [0.15, 0.2) is 65.1 Å². The highest BCUT2D eigenvalue weighted by Gasteiger charge is 2.11. The van der Waals surface area contributed by atoms with Crippen molar-refractivity contribution in [3.05, 3.63) is 82.0 Å². The minimum Gasteiger partial charge on any atom is -0.457 e. The Bertz CT molecular complexity index is 961. The van der Waals surface area contributed by atoms with E-state index in [9.17, 15) is 4.79 Å². The molecule has 7 heteroatoms. The third-order valence-corrected chi connectivity index (χ3v) is 4.45. The fourth-order valence-electron chi connectivity index (χ4n) is 2.57. The molecule has 28 heavy (non-hydrogen) atoms. The van der Waals surface area contributed by atoms with E-state index >= 15 is 0 Å². The lowest BCUT2D eigenvalue weighted by atomic mass is 10.2. The van der Waals surface area contributed by atoms with Crippen LogP contribution in [0.25, 0.3) is 0 Å². The van der Waals surface area contributed by atoms with E-state index in [2.05, 4.69) is 26.2 Å². The third kappa shape index (κ3) is 5.31. The number of rotatable bonds is 7. The molecule has 0 spiro atoms. The molecule has 0 atom stereocenters. The lowest BCUT2D eigenvalue weighted by Gasteiger charge is -2.10. The maximum atomic E-state index is 12.4. The van der Waals surface area contributed by atoms with E-state index in [-0.39, 0.29) is 11.7 Å². The van der Waals surface area contributed by atoms with E-state index in [1.165, 1.54) is 0 Å². The quantitative estimate of drug-likeness (QED) is 0.570. The molecule has 2 aromatic carbocycles. The standard InChI is InChI=1S/C21H20BrN3O3/c1-27-13-16-7-10-19(20(23)25-16)21(26)24-12-14-3-2-4-18(11-14)28-17-8-5-15(22)6-9-17/h2-11H,12-13H2,1H3,(H2,23,25)(H,24,26). The van der Waals surface area contributed by atoms with Crippen molar-refractivity contribution in [3.63, 3.8) is 0 Å². The van der Waals surface area contributed by atoms with Gasteiger partial charge in [-0.3, -0.25) is 4.79 Å². The molecule has 0 saturated heterocycles. The summed E-state index contributed by atoms with van der Waals surface area (Å²) in [6.07, 6.45) is 0. The number of nitrogens with two attached hydrogens (primary N) is 1. The van der Waals surface area contributed by atoms with Crippen molar-refractivity contribution >= 4 is 27.7 Å². The number of nitrogens with zero attached hydrogens (tertiary/aromatic N) is 1. The lowest BCUT2D eigenvalue weighted by Crippen LogP contribution is -2.24. The Balaban J connectivity index is 1.63. The van der Waals surface area contributed by atoms with E-state index in [1.807, 2.05) is 48.5 Å². The third-order valence-electron chi connectivity index (χ3n) is 3.92. The fraction of sp³-hybridized carbons (Fsp3) is 0.143. The molecule has 3 aromatic rings. The zero-order valence-corrected chi connectivity index (χ0v) is 16.9. The first kappa shape index (κ1) is 19.9. The van der Waals surface area contributed by atoms with Crippen molar-refractivity contribution in [2.75, 3.05) is 12.8 Å². The summed E-state index contributed by atoms with van der Waals surface area (Å²) < 4.78 is 11.8. The van der Waals surface area contributed by atoms with E-state index in [1.54, 1.807) is 19.2 Å². The number of hydrogen-bond donors (Lipinski definition) is 2. The molecular weight excluding hydrogens is 422 g/mol. The highest BCUT2D eigenvalue weighted by molar-refractivity contribution is 9.10. The van der Waals surface area contributed by atoms with Crippen LogP contribution in [0.4, 0.5) is 5.82 Å². The second-order valence-electron chi connectivity index (χ2n) is 6.05. The number of anilines is 1. The average molecular weight is 442 g/mol. The second-order valence-corrected chi connectivity index (χ2v) is 6.97. The number of benzene rings is 2. The molecule has 0 unspecified atom stereocenters. The molecule has 0 radical (unpaired) electrons. The number of carbonyl (C=O) groups excluding carboxylic acids is 1. The molecule has 1 aromatic heterocycles. The molecule has 3 rings (SSSR count). The first-order valence-electron chi connectivity index (χ1n) is 8.60. The first-order chi connectivity index (χ1) is 13.5. The predicted octanol–water partition coefficient (Wildman–Crippen LogP) is 4.30. The molecule has 0 saturated carbocycles. The van der Waals surface area contributed by atoms with Gasteiger partial charge in [0.15, 0.2) is 0 Å². The number of carbonyl (C=O) groups is 1. The molecule has 6 nitrogen and oxygen atoms in total. The Labute approximate surface area is 171 Å². The maximum absolute atomic E-state index is 12.4. The number of aromatic nitrogens is 1. The van der Waals surface area contributed by atoms with Crippen LogP contribution in [-0.4, -0.2) is 18.0 Å². The van der Waals surface area contributed by atoms with E-state index in [0.29, 0.717) is 30.2 Å². The predicted molar refractivity (Wildman–Crippen MR) is 111 cm³/mol. The molecular formula is C21H20BrN3O3. The van der Waals surface area contributed by atoms with E-state index in [4.69, 9.17) is 15.2 Å². The van der Waals surface area contributed by atoms with Crippen LogP contribution >= 0.6 is 15.9 Å². The normalized spacial score (nSPS) is 10.5. The number of pyridine rings is 1. The van der Waals surface area contributed by atoms with Crippen molar-refractivity contribution in [1.82, 2.24) is 10.3 Å². The Morgan fingerprint density at radius 3 is 2.61 bits per heavy atom. The highest BCUT2D eigenvalue weighted by atomic mass is 79.9. The zero-order chi connectivity index (χ0) is 19.9.